The summed E-state index contributed by atoms with van der Waals surface area (Å²) in [4.78, 5) is 0. The summed E-state index contributed by atoms with van der Waals surface area (Å²) in [5.74, 6) is -1.12. The molecule has 1 heterocycles. The van der Waals surface area contributed by atoms with Crippen molar-refractivity contribution in [2.45, 2.75) is 17.6 Å². The van der Waals surface area contributed by atoms with Gasteiger partial charge in [0, 0.05) is 17.0 Å². The van der Waals surface area contributed by atoms with Crippen LogP contribution in [-0.2, 0) is 5.79 Å². The molecule has 0 radical (unpaired) electrons. The average Bonchev–Trinajstić information content (AvgIpc) is 2.80. The van der Waals surface area contributed by atoms with E-state index in [0.717, 1.165) is 28.0 Å². The Morgan fingerprint density at radius 3 is 1.76 bits per heavy atom. The van der Waals surface area contributed by atoms with E-state index in [-0.39, 0.29) is 11.8 Å². The molecule has 29 heavy (non-hydrogen) atoms. The van der Waals surface area contributed by atoms with Crippen molar-refractivity contribution in [3.05, 3.63) is 138 Å². The number of hydrogen-bond acceptors (Lipinski definition) is 2. The Balaban J connectivity index is 1.80. The maximum absolute atomic E-state index is 12.1. The third-order valence-corrected chi connectivity index (χ3v) is 5.78. The van der Waals surface area contributed by atoms with Crippen molar-refractivity contribution in [1.82, 2.24) is 0 Å². The van der Waals surface area contributed by atoms with E-state index in [1.54, 1.807) is 0 Å². The first-order valence-corrected chi connectivity index (χ1v) is 9.93. The van der Waals surface area contributed by atoms with Gasteiger partial charge in [0.25, 0.3) is 0 Å². The van der Waals surface area contributed by atoms with Crippen LogP contribution in [0, 0.1) is 0 Å². The van der Waals surface area contributed by atoms with Crippen molar-refractivity contribution < 1.29 is 9.84 Å². The second-order valence-electron chi connectivity index (χ2n) is 7.48. The standard InChI is InChI=1S/C27H22O2/c28-27(22-16-8-3-9-17-22)26(21-14-6-2-7-15-21)25(20-12-4-1-5-13-20)23-18-10-11-19-24(23)29-27/h1-19,25-26,28H. The second kappa shape index (κ2) is 7.23. The molecular formula is C27H22O2. The van der Waals surface area contributed by atoms with Crippen LogP contribution >= 0.6 is 0 Å². The molecule has 0 saturated heterocycles. The van der Waals surface area contributed by atoms with Gasteiger partial charge in [0.05, 0.1) is 5.92 Å². The van der Waals surface area contributed by atoms with E-state index in [4.69, 9.17) is 4.74 Å². The van der Waals surface area contributed by atoms with Gasteiger partial charge in [-0.05, 0) is 17.2 Å². The van der Waals surface area contributed by atoms with Gasteiger partial charge in [0.15, 0.2) is 0 Å². The summed E-state index contributed by atoms with van der Waals surface area (Å²) in [5.41, 5.74) is 4.05. The number of rotatable bonds is 3. The maximum Gasteiger partial charge on any atom is 0.242 e. The first-order valence-electron chi connectivity index (χ1n) is 9.93. The third-order valence-electron chi connectivity index (χ3n) is 5.78. The zero-order chi connectivity index (χ0) is 19.7. The monoisotopic (exact) mass is 378 g/mol. The SMILES string of the molecule is OC1(c2ccccc2)Oc2ccccc2C(c2ccccc2)C1c1ccccc1. The molecule has 142 valence electrons. The van der Waals surface area contributed by atoms with Gasteiger partial charge in [-0.25, -0.2) is 0 Å². The van der Waals surface area contributed by atoms with E-state index in [1.165, 1.54) is 0 Å². The van der Waals surface area contributed by atoms with Gasteiger partial charge >= 0.3 is 0 Å². The zero-order valence-electron chi connectivity index (χ0n) is 16.0. The molecule has 1 aliphatic rings. The first kappa shape index (κ1) is 17.7. The van der Waals surface area contributed by atoms with E-state index in [2.05, 4.69) is 42.5 Å². The molecule has 1 N–H and O–H groups in total. The highest BCUT2D eigenvalue weighted by atomic mass is 16.6. The normalized spacial score (nSPS) is 23.1. The Labute approximate surface area is 171 Å². The number of ether oxygens (including phenoxy) is 1. The first-order chi connectivity index (χ1) is 14.3. The van der Waals surface area contributed by atoms with E-state index >= 15 is 0 Å². The highest BCUT2D eigenvalue weighted by Gasteiger charge is 2.51. The lowest BCUT2D eigenvalue weighted by Crippen LogP contribution is -2.45. The van der Waals surface area contributed by atoms with E-state index in [9.17, 15) is 5.11 Å². The van der Waals surface area contributed by atoms with Gasteiger partial charge in [-0.15, -0.1) is 0 Å². The molecule has 4 aromatic carbocycles. The highest BCUT2D eigenvalue weighted by Crippen LogP contribution is 2.55. The van der Waals surface area contributed by atoms with Crippen molar-refractivity contribution in [2.75, 3.05) is 0 Å². The molecule has 0 aromatic heterocycles. The van der Waals surface area contributed by atoms with Crippen LogP contribution in [0.15, 0.2) is 115 Å². The van der Waals surface area contributed by atoms with Crippen LogP contribution in [0.4, 0.5) is 0 Å². The Hall–Kier alpha value is -3.36. The lowest BCUT2D eigenvalue weighted by molar-refractivity contribution is -0.177. The Kier molecular flexibility index (Phi) is 4.42. The number of aliphatic hydroxyl groups is 1. The van der Waals surface area contributed by atoms with Crippen LogP contribution in [-0.4, -0.2) is 5.11 Å². The predicted octanol–water partition coefficient (Wildman–Crippen LogP) is 5.84. The Bertz CT molecular complexity index is 1090. The van der Waals surface area contributed by atoms with Gasteiger partial charge in [-0.1, -0.05) is 109 Å². The highest BCUT2D eigenvalue weighted by molar-refractivity contribution is 5.50. The van der Waals surface area contributed by atoms with Gasteiger partial charge in [0.2, 0.25) is 5.79 Å². The van der Waals surface area contributed by atoms with Crippen molar-refractivity contribution in [3.8, 4) is 5.75 Å². The molecule has 0 amide bonds. The number of fused-ring (bicyclic) bond motifs is 1. The quantitative estimate of drug-likeness (QED) is 0.485. The molecule has 0 saturated carbocycles. The molecule has 0 bridgehead atoms. The van der Waals surface area contributed by atoms with Gasteiger partial charge in [-0.2, -0.15) is 0 Å². The molecule has 0 aliphatic carbocycles. The van der Waals surface area contributed by atoms with Crippen LogP contribution in [0.3, 0.4) is 0 Å². The molecule has 2 nitrogen and oxygen atoms in total. The smallest absolute Gasteiger partial charge is 0.242 e. The fourth-order valence-electron chi connectivity index (χ4n) is 4.49. The summed E-state index contributed by atoms with van der Waals surface area (Å²) in [6.45, 7) is 0. The van der Waals surface area contributed by atoms with Crippen LogP contribution in [0.5, 0.6) is 5.75 Å². The van der Waals surface area contributed by atoms with Crippen molar-refractivity contribution >= 4 is 0 Å². The average molecular weight is 378 g/mol. The third kappa shape index (κ3) is 3.02. The lowest BCUT2D eigenvalue weighted by Gasteiger charge is -2.46. The minimum absolute atomic E-state index is 0.0474. The molecule has 0 fully saturated rings. The fourth-order valence-corrected chi connectivity index (χ4v) is 4.49. The van der Waals surface area contributed by atoms with Gasteiger partial charge in [-0.3, -0.25) is 0 Å². The summed E-state index contributed by atoms with van der Waals surface area (Å²) in [6.07, 6.45) is 0. The molecule has 1 aliphatic heterocycles. The molecular weight excluding hydrogens is 356 g/mol. The zero-order valence-corrected chi connectivity index (χ0v) is 16.0. The van der Waals surface area contributed by atoms with E-state index in [0.29, 0.717) is 0 Å². The number of hydrogen-bond donors (Lipinski definition) is 1. The molecule has 3 unspecified atom stereocenters. The van der Waals surface area contributed by atoms with Crippen LogP contribution < -0.4 is 4.74 Å². The van der Waals surface area contributed by atoms with Crippen LogP contribution in [0.2, 0.25) is 0 Å². The van der Waals surface area contributed by atoms with Crippen molar-refractivity contribution in [1.29, 1.82) is 0 Å². The predicted molar refractivity (Wildman–Crippen MR) is 115 cm³/mol. The molecule has 5 rings (SSSR count). The molecule has 4 aromatic rings. The van der Waals surface area contributed by atoms with E-state index in [1.807, 2.05) is 72.8 Å². The van der Waals surface area contributed by atoms with Crippen LogP contribution in [0.1, 0.15) is 34.1 Å². The Morgan fingerprint density at radius 1 is 0.586 bits per heavy atom. The maximum atomic E-state index is 12.1. The van der Waals surface area contributed by atoms with Gasteiger partial charge < -0.3 is 9.84 Å². The fraction of sp³-hybridized carbons (Fsp3) is 0.111. The second-order valence-corrected chi connectivity index (χ2v) is 7.48. The minimum Gasteiger partial charge on any atom is -0.457 e. The minimum atomic E-state index is -1.49. The van der Waals surface area contributed by atoms with Gasteiger partial charge in [0.1, 0.15) is 5.75 Å². The molecule has 2 heteroatoms. The summed E-state index contributed by atoms with van der Waals surface area (Å²) >= 11 is 0. The summed E-state index contributed by atoms with van der Waals surface area (Å²) in [7, 11) is 0. The largest absolute Gasteiger partial charge is 0.457 e. The molecule has 3 atom stereocenters. The number of benzene rings is 4. The van der Waals surface area contributed by atoms with Crippen molar-refractivity contribution in [2.24, 2.45) is 0 Å². The van der Waals surface area contributed by atoms with E-state index < -0.39 is 5.79 Å². The lowest BCUT2D eigenvalue weighted by atomic mass is 9.69. The molecule has 0 spiro atoms. The summed E-state index contributed by atoms with van der Waals surface area (Å²) in [6, 6.07) is 38.3. The van der Waals surface area contributed by atoms with Crippen LogP contribution in [0.25, 0.3) is 0 Å². The summed E-state index contributed by atoms with van der Waals surface area (Å²) in [5, 5.41) is 12.1. The summed E-state index contributed by atoms with van der Waals surface area (Å²) < 4.78 is 6.38. The number of para-hydroxylation sites is 1. The Morgan fingerprint density at radius 2 is 1.10 bits per heavy atom. The van der Waals surface area contributed by atoms with Crippen molar-refractivity contribution in [3.63, 3.8) is 0 Å². The topological polar surface area (TPSA) is 29.5 Å².